The van der Waals surface area contributed by atoms with E-state index in [2.05, 4.69) is 36.7 Å². The molecule has 0 saturated heterocycles. The maximum Gasteiger partial charge on any atom is 0.251 e. The van der Waals surface area contributed by atoms with E-state index >= 15 is 0 Å². The van der Waals surface area contributed by atoms with E-state index in [1.807, 2.05) is 50.2 Å². The van der Waals surface area contributed by atoms with Crippen molar-refractivity contribution in [3.63, 3.8) is 0 Å². The van der Waals surface area contributed by atoms with Gasteiger partial charge in [0.15, 0.2) is 0 Å². The van der Waals surface area contributed by atoms with Crippen molar-refractivity contribution in [2.45, 2.75) is 53.0 Å². The van der Waals surface area contributed by atoms with E-state index in [1.165, 1.54) is 0 Å². The Labute approximate surface area is 184 Å². The zero-order valence-electron chi connectivity index (χ0n) is 19.0. The fraction of sp³-hybridized carbons (Fsp3) is 0.400. The van der Waals surface area contributed by atoms with Gasteiger partial charge in [-0.15, -0.1) is 0 Å². The molecule has 3 N–H and O–H groups in total. The van der Waals surface area contributed by atoms with Crippen LogP contribution in [0.25, 0.3) is 0 Å². The number of amides is 3. The molecule has 0 atom stereocenters. The van der Waals surface area contributed by atoms with E-state index in [-0.39, 0.29) is 42.0 Å². The van der Waals surface area contributed by atoms with Crippen LogP contribution in [0.15, 0.2) is 48.5 Å². The van der Waals surface area contributed by atoms with Crippen LogP contribution >= 0.6 is 0 Å². The lowest BCUT2D eigenvalue weighted by Gasteiger charge is -2.19. The lowest BCUT2D eigenvalue weighted by molar-refractivity contribution is -0.121. The molecule has 166 valence electrons. The van der Waals surface area contributed by atoms with Crippen LogP contribution in [0.4, 0.5) is 5.69 Å². The summed E-state index contributed by atoms with van der Waals surface area (Å²) in [6.45, 7) is 10.6. The zero-order valence-corrected chi connectivity index (χ0v) is 19.0. The molecule has 0 aliphatic rings. The average molecular weight is 424 g/mol. The molecule has 0 aliphatic carbocycles. The summed E-state index contributed by atoms with van der Waals surface area (Å²) in [6, 6.07) is 14.9. The molecule has 6 nitrogen and oxygen atoms in total. The van der Waals surface area contributed by atoms with Gasteiger partial charge in [-0.05, 0) is 40.8 Å². The Balaban J connectivity index is 1.76. The summed E-state index contributed by atoms with van der Waals surface area (Å²) in [4.78, 5) is 36.2. The first kappa shape index (κ1) is 24.1. The molecule has 0 bridgehead atoms. The highest BCUT2D eigenvalue weighted by molar-refractivity contribution is 5.94. The van der Waals surface area contributed by atoms with Crippen LogP contribution in [-0.2, 0) is 21.5 Å². The first-order chi connectivity index (χ1) is 14.6. The third-order valence-corrected chi connectivity index (χ3v) is 4.86. The molecular formula is C25H33N3O3. The van der Waals surface area contributed by atoms with Gasteiger partial charge in [0.1, 0.15) is 0 Å². The molecular weight excluding hydrogens is 390 g/mol. The van der Waals surface area contributed by atoms with Crippen molar-refractivity contribution in [3.8, 4) is 0 Å². The van der Waals surface area contributed by atoms with Crippen molar-refractivity contribution in [2.24, 2.45) is 5.92 Å². The maximum atomic E-state index is 12.3. The summed E-state index contributed by atoms with van der Waals surface area (Å²) in [5.74, 6) is -0.498. The molecule has 0 heterocycles. The van der Waals surface area contributed by atoms with E-state index in [9.17, 15) is 14.4 Å². The molecule has 0 spiro atoms. The van der Waals surface area contributed by atoms with Gasteiger partial charge >= 0.3 is 0 Å². The molecule has 0 aliphatic heterocycles. The van der Waals surface area contributed by atoms with Crippen LogP contribution in [0.5, 0.6) is 0 Å². The Morgan fingerprint density at radius 3 is 2.23 bits per heavy atom. The van der Waals surface area contributed by atoms with Crippen molar-refractivity contribution in [1.29, 1.82) is 0 Å². The molecule has 2 aromatic rings. The minimum atomic E-state index is -0.193. The van der Waals surface area contributed by atoms with E-state index in [0.717, 1.165) is 11.1 Å². The molecule has 0 unspecified atom stereocenters. The van der Waals surface area contributed by atoms with Gasteiger partial charge in [0.2, 0.25) is 11.8 Å². The van der Waals surface area contributed by atoms with Crippen molar-refractivity contribution in [2.75, 3.05) is 11.9 Å². The lowest BCUT2D eigenvalue weighted by atomic mass is 9.87. The molecule has 0 aromatic heterocycles. The summed E-state index contributed by atoms with van der Waals surface area (Å²) in [6.07, 6.45) is 0.190. The van der Waals surface area contributed by atoms with Crippen LogP contribution in [0.2, 0.25) is 0 Å². The number of benzene rings is 2. The van der Waals surface area contributed by atoms with Crippen molar-refractivity contribution >= 4 is 23.4 Å². The van der Waals surface area contributed by atoms with Crippen LogP contribution in [0.3, 0.4) is 0 Å². The Morgan fingerprint density at radius 1 is 0.935 bits per heavy atom. The average Bonchev–Trinajstić information content (AvgIpc) is 2.72. The summed E-state index contributed by atoms with van der Waals surface area (Å²) in [5, 5.41) is 8.46. The minimum Gasteiger partial charge on any atom is -0.352 e. The number of hydrogen-bond acceptors (Lipinski definition) is 3. The lowest BCUT2D eigenvalue weighted by Crippen LogP contribution is -2.30. The number of carbonyl (C=O) groups is 3. The van der Waals surface area contributed by atoms with Gasteiger partial charge in [0.25, 0.3) is 5.91 Å². The molecule has 2 rings (SSSR count). The van der Waals surface area contributed by atoms with Crippen LogP contribution in [-0.4, -0.2) is 24.3 Å². The minimum absolute atomic E-state index is 0.0344. The van der Waals surface area contributed by atoms with Crippen molar-refractivity contribution < 1.29 is 14.4 Å². The largest absolute Gasteiger partial charge is 0.352 e. The predicted molar refractivity (Wildman–Crippen MR) is 124 cm³/mol. The topological polar surface area (TPSA) is 87.3 Å². The van der Waals surface area contributed by atoms with Gasteiger partial charge < -0.3 is 16.0 Å². The summed E-state index contributed by atoms with van der Waals surface area (Å²) in [7, 11) is 0. The normalized spacial score (nSPS) is 11.2. The third kappa shape index (κ3) is 7.89. The second kappa shape index (κ2) is 10.8. The summed E-state index contributed by atoms with van der Waals surface area (Å²) in [5.41, 5.74) is 3.37. The van der Waals surface area contributed by atoms with E-state index in [1.54, 1.807) is 12.1 Å². The quantitative estimate of drug-likeness (QED) is 0.599. The Hall–Kier alpha value is -3.15. The number of anilines is 1. The Bertz CT molecular complexity index is 912. The summed E-state index contributed by atoms with van der Waals surface area (Å²) >= 11 is 0. The molecule has 0 saturated carbocycles. The highest BCUT2D eigenvalue weighted by Crippen LogP contribution is 2.22. The van der Waals surface area contributed by atoms with E-state index in [4.69, 9.17) is 0 Å². The molecule has 2 aromatic carbocycles. The number of carbonyl (C=O) groups excluding carboxylic acids is 3. The zero-order chi connectivity index (χ0) is 23.0. The summed E-state index contributed by atoms with van der Waals surface area (Å²) < 4.78 is 0. The smallest absolute Gasteiger partial charge is 0.251 e. The molecule has 6 heteroatoms. The first-order valence-corrected chi connectivity index (χ1v) is 10.6. The van der Waals surface area contributed by atoms with Crippen LogP contribution in [0.1, 0.15) is 62.5 Å². The predicted octanol–water partition coefficient (Wildman–Crippen LogP) is 4.01. The SMILES string of the molecule is CC(C)C(=O)Nc1cccc(CNC(=O)CCNC(=O)c2ccc(C(C)(C)C)cc2)c1. The van der Waals surface area contributed by atoms with E-state index in [0.29, 0.717) is 17.8 Å². The van der Waals surface area contributed by atoms with E-state index < -0.39 is 0 Å². The molecule has 0 fully saturated rings. The van der Waals surface area contributed by atoms with Crippen molar-refractivity contribution in [3.05, 3.63) is 65.2 Å². The highest BCUT2D eigenvalue weighted by Gasteiger charge is 2.14. The third-order valence-electron chi connectivity index (χ3n) is 4.86. The van der Waals surface area contributed by atoms with Crippen molar-refractivity contribution in [1.82, 2.24) is 10.6 Å². The number of nitrogens with one attached hydrogen (secondary N) is 3. The maximum absolute atomic E-state index is 12.3. The fourth-order valence-corrected chi connectivity index (χ4v) is 2.85. The monoisotopic (exact) mass is 423 g/mol. The molecule has 0 radical (unpaired) electrons. The van der Waals surface area contributed by atoms with Gasteiger partial charge in [0, 0.05) is 36.7 Å². The number of hydrogen-bond donors (Lipinski definition) is 3. The van der Waals surface area contributed by atoms with Gasteiger partial charge in [-0.25, -0.2) is 0 Å². The van der Waals surface area contributed by atoms with Gasteiger partial charge in [-0.3, -0.25) is 14.4 Å². The second-order valence-electron chi connectivity index (χ2n) is 8.95. The van der Waals surface area contributed by atoms with Gasteiger partial charge in [0.05, 0.1) is 0 Å². The Kier molecular flexibility index (Phi) is 8.37. The van der Waals surface area contributed by atoms with Crippen LogP contribution in [0, 0.1) is 5.92 Å². The van der Waals surface area contributed by atoms with Crippen LogP contribution < -0.4 is 16.0 Å². The van der Waals surface area contributed by atoms with Gasteiger partial charge in [-0.2, -0.15) is 0 Å². The molecule has 3 amide bonds. The fourth-order valence-electron chi connectivity index (χ4n) is 2.85. The van der Waals surface area contributed by atoms with Gasteiger partial charge in [-0.1, -0.05) is 58.9 Å². The standard InChI is InChI=1S/C25H33N3O3/c1-17(2)23(30)28-21-8-6-7-18(15-21)16-27-22(29)13-14-26-24(31)19-9-11-20(12-10-19)25(3,4)5/h6-12,15,17H,13-14,16H2,1-5H3,(H,26,31)(H,27,29)(H,28,30). The first-order valence-electron chi connectivity index (χ1n) is 10.6. The second-order valence-corrected chi connectivity index (χ2v) is 8.95. The number of rotatable bonds is 8. The Morgan fingerprint density at radius 2 is 1.61 bits per heavy atom. The highest BCUT2D eigenvalue weighted by atomic mass is 16.2. The molecule has 31 heavy (non-hydrogen) atoms.